The first-order valence-electron chi connectivity index (χ1n) is 8.04. The average Bonchev–Trinajstić information content (AvgIpc) is 2.48. The van der Waals surface area contributed by atoms with Crippen molar-refractivity contribution in [2.45, 2.75) is 71.8 Å². The monoisotopic (exact) mass is 424 g/mol. The Bertz CT molecular complexity index is 322. The summed E-state index contributed by atoms with van der Waals surface area (Å²) in [5.41, 5.74) is -1.80. The van der Waals surface area contributed by atoms with Gasteiger partial charge >= 0.3 is 35.8 Å². The van der Waals surface area contributed by atoms with E-state index in [0.29, 0.717) is 13.0 Å². The zero-order chi connectivity index (χ0) is 16.3. The second-order valence-electron chi connectivity index (χ2n) is 5.25. The predicted octanol–water partition coefficient (Wildman–Crippen LogP) is 1.92. The summed E-state index contributed by atoms with van der Waals surface area (Å²) in [6, 6.07) is 0. The Hall–Kier alpha value is -0.301. The first-order chi connectivity index (χ1) is 9.97. The van der Waals surface area contributed by atoms with Crippen LogP contribution < -0.4 is 0 Å². The summed E-state index contributed by atoms with van der Waals surface area (Å²) in [6.07, 6.45) is 3.78. The zero-order valence-electron chi connectivity index (χ0n) is 14.5. The van der Waals surface area contributed by atoms with Gasteiger partial charge in [-0.15, -0.1) is 0 Å². The number of esters is 2. The van der Waals surface area contributed by atoms with Gasteiger partial charge in [-0.25, -0.2) is 4.79 Å². The van der Waals surface area contributed by atoms with Crippen LogP contribution in [0.15, 0.2) is 0 Å². The molecule has 0 aromatic carbocycles. The van der Waals surface area contributed by atoms with Crippen molar-refractivity contribution in [2.75, 3.05) is 13.2 Å². The summed E-state index contributed by atoms with van der Waals surface area (Å²) in [4.78, 5) is 24.2. The van der Waals surface area contributed by atoms with Gasteiger partial charge in [0.1, 0.15) is 0 Å². The molecule has 0 aromatic heterocycles. The molecule has 0 spiro atoms. The molecule has 5 nitrogen and oxygen atoms in total. The molecule has 0 aliphatic heterocycles. The zero-order valence-corrected chi connectivity index (χ0v) is 18.6. The Balaban J connectivity index is 0. The van der Waals surface area contributed by atoms with Crippen LogP contribution in [0.5, 0.6) is 0 Å². The molecule has 0 heterocycles. The quantitative estimate of drug-likeness (QED) is 0.313. The van der Waals surface area contributed by atoms with E-state index in [9.17, 15) is 14.7 Å². The van der Waals surface area contributed by atoms with E-state index in [-0.39, 0.29) is 36.9 Å². The molecule has 0 aliphatic carbocycles. The summed E-state index contributed by atoms with van der Waals surface area (Å²) >= 11 is 0. The van der Waals surface area contributed by atoms with Crippen molar-refractivity contribution in [2.24, 2.45) is 5.92 Å². The Labute approximate surface area is 151 Å². The van der Waals surface area contributed by atoms with Crippen LogP contribution in [-0.4, -0.2) is 59.8 Å². The number of rotatable bonds is 11. The van der Waals surface area contributed by atoms with Crippen LogP contribution in [0.1, 0.15) is 66.2 Å². The third kappa shape index (κ3) is 7.31. The van der Waals surface area contributed by atoms with Crippen LogP contribution in [0.2, 0.25) is 0 Å². The molecule has 2 unspecified atom stereocenters. The fourth-order valence-corrected chi connectivity index (χ4v) is 2.08. The van der Waals surface area contributed by atoms with E-state index in [1.807, 2.05) is 13.8 Å². The van der Waals surface area contributed by atoms with Crippen LogP contribution in [0.4, 0.5) is 0 Å². The normalized spacial score (nSPS) is 14.4. The first kappa shape index (κ1) is 24.0. The fraction of sp³-hybridized carbons (Fsp3) is 0.875. The van der Waals surface area contributed by atoms with E-state index in [1.165, 1.54) is 0 Å². The molecule has 22 heavy (non-hydrogen) atoms. The molecular weight excluding hydrogens is 391 g/mol. The van der Waals surface area contributed by atoms with Gasteiger partial charge in [-0.2, -0.15) is 0 Å². The number of hydrogen-bond acceptors (Lipinski definition) is 5. The van der Waals surface area contributed by atoms with Crippen LogP contribution >= 0.6 is 0 Å². The average molecular weight is 423 g/mol. The van der Waals surface area contributed by atoms with E-state index in [4.69, 9.17) is 9.47 Å². The molecular formula is C16H32O5Sn. The maximum atomic E-state index is 12.1. The first-order valence-corrected chi connectivity index (χ1v) is 8.04. The molecule has 0 saturated carbocycles. The number of unbranched alkanes of at least 4 members (excludes halogenated alkanes) is 2. The fourth-order valence-electron chi connectivity index (χ4n) is 2.08. The van der Waals surface area contributed by atoms with Gasteiger partial charge in [0.2, 0.25) is 0 Å². The topological polar surface area (TPSA) is 72.8 Å². The van der Waals surface area contributed by atoms with Crippen molar-refractivity contribution in [3.8, 4) is 0 Å². The van der Waals surface area contributed by atoms with Gasteiger partial charge in [-0.05, 0) is 25.7 Å². The molecule has 2 atom stereocenters. The Morgan fingerprint density at radius 1 is 1.00 bits per heavy atom. The van der Waals surface area contributed by atoms with E-state index >= 15 is 0 Å². The number of aliphatic hydroxyl groups is 1. The second kappa shape index (κ2) is 13.2. The van der Waals surface area contributed by atoms with E-state index in [0.717, 1.165) is 25.7 Å². The van der Waals surface area contributed by atoms with Crippen molar-refractivity contribution in [3.05, 3.63) is 0 Å². The van der Waals surface area contributed by atoms with Gasteiger partial charge in [0.25, 0.3) is 0 Å². The molecule has 0 fully saturated rings. The molecule has 0 saturated heterocycles. The van der Waals surface area contributed by atoms with Crippen molar-refractivity contribution < 1.29 is 24.2 Å². The third-order valence-electron chi connectivity index (χ3n) is 3.63. The minimum absolute atomic E-state index is 0. The third-order valence-corrected chi connectivity index (χ3v) is 3.63. The molecule has 0 aromatic rings. The van der Waals surface area contributed by atoms with Gasteiger partial charge in [0, 0.05) is 0 Å². The van der Waals surface area contributed by atoms with Crippen LogP contribution in [0.25, 0.3) is 0 Å². The minimum atomic E-state index is -1.80. The van der Waals surface area contributed by atoms with Crippen molar-refractivity contribution in [1.82, 2.24) is 0 Å². The number of ether oxygens (including phenoxy) is 2. The van der Waals surface area contributed by atoms with Crippen LogP contribution in [0.3, 0.4) is 0 Å². The Morgan fingerprint density at radius 3 is 1.91 bits per heavy atom. The molecule has 130 valence electrons. The van der Waals surface area contributed by atoms with E-state index in [1.54, 1.807) is 13.8 Å². The Kier molecular flexibility index (Phi) is 14.3. The molecule has 2 radical (unpaired) electrons. The molecule has 0 amide bonds. The van der Waals surface area contributed by atoms with Gasteiger partial charge in [0.15, 0.2) is 5.60 Å². The summed E-state index contributed by atoms with van der Waals surface area (Å²) in [5.74, 6) is -2.13. The standard InChI is InChI=1S/C16H30O5.Sn.2H/c1-5-9-11-20-14(17)13(7-3)16(19,8-4)15(18)21-12-10-6-2;;;/h13,19H,5-12H2,1-4H3;;;. The molecule has 1 N–H and O–H groups in total. The molecule has 0 aliphatic rings. The Morgan fingerprint density at radius 2 is 1.50 bits per heavy atom. The van der Waals surface area contributed by atoms with E-state index in [2.05, 4.69) is 0 Å². The summed E-state index contributed by atoms with van der Waals surface area (Å²) in [5, 5.41) is 10.6. The summed E-state index contributed by atoms with van der Waals surface area (Å²) < 4.78 is 10.3. The number of carbonyl (C=O) groups is 2. The van der Waals surface area contributed by atoms with Crippen LogP contribution in [-0.2, 0) is 19.1 Å². The van der Waals surface area contributed by atoms with Gasteiger partial charge in [-0.1, -0.05) is 40.5 Å². The van der Waals surface area contributed by atoms with Crippen LogP contribution in [0, 0.1) is 5.92 Å². The summed E-state index contributed by atoms with van der Waals surface area (Å²) in [6.45, 7) is 7.99. The molecule has 0 bridgehead atoms. The predicted molar refractivity (Wildman–Crippen MR) is 89.3 cm³/mol. The van der Waals surface area contributed by atoms with Gasteiger partial charge in [0.05, 0.1) is 19.1 Å². The SMILES string of the molecule is CCCCOC(=O)C(CC)C(O)(CC)C(=O)OCCCC.[SnH2]. The second-order valence-corrected chi connectivity index (χ2v) is 5.25. The number of hydrogen-bond donors (Lipinski definition) is 1. The van der Waals surface area contributed by atoms with E-state index < -0.39 is 23.5 Å². The van der Waals surface area contributed by atoms with Gasteiger partial charge in [-0.3, -0.25) is 4.79 Å². The maximum absolute atomic E-state index is 12.1. The van der Waals surface area contributed by atoms with Gasteiger partial charge < -0.3 is 14.6 Å². The molecule has 0 rings (SSSR count). The van der Waals surface area contributed by atoms with Crippen molar-refractivity contribution >= 4 is 35.8 Å². The van der Waals surface area contributed by atoms with Crippen molar-refractivity contribution in [3.63, 3.8) is 0 Å². The molecule has 6 heteroatoms. The van der Waals surface area contributed by atoms with Crippen molar-refractivity contribution in [1.29, 1.82) is 0 Å². The number of carbonyl (C=O) groups excluding carboxylic acids is 2. The summed E-state index contributed by atoms with van der Waals surface area (Å²) in [7, 11) is 0.